The molecular weight excluding hydrogens is 439 g/mol. The summed E-state index contributed by atoms with van der Waals surface area (Å²) in [6.45, 7) is 11.8. The zero-order valence-corrected chi connectivity index (χ0v) is 21.3. The second kappa shape index (κ2) is 13.6. The first-order valence-electron chi connectivity index (χ1n) is 11.3. The number of esters is 1. The summed E-state index contributed by atoms with van der Waals surface area (Å²) in [5, 5.41) is 0. The van der Waals surface area contributed by atoms with Gasteiger partial charge in [0.15, 0.2) is 0 Å². The summed E-state index contributed by atoms with van der Waals surface area (Å²) in [4.78, 5) is 12.3. The van der Waals surface area contributed by atoms with Crippen LogP contribution in [0.2, 0.25) is 13.3 Å². The third-order valence-corrected chi connectivity index (χ3v) is 21.4. The van der Waals surface area contributed by atoms with Gasteiger partial charge in [0.1, 0.15) is 0 Å². The van der Waals surface area contributed by atoms with Crippen LogP contribution in [0.15, 0.2) is 24.3 Å². The molecule has 0 heterocycles. The molecule has 1 aromatic rings. The average Bonchev–Trinajstić information content (AvgIpc) is 2.67. The Morgan fingerprint density at radius 2 is 1.37 bits per heavy atom. The normalized spacial score (nSPS) is 11.8. The van der Waals surface area contributed by atoms with E-state index in [0.717, 1.165) is 6.42 Å². The van der Waals surface area contributed by atoms with Gasteiger partial charge in [-0.15, -0.1) is 0 Å². The summed E-state index contributed by atoms with van der Waals surface area (Å²) >= 11 is -2.38. The topological polar surface area (TPSA) is 26.3 Å². The molecule has 0 saturated heterocycles. The first-order valence-corrected chi connectivity index (χ1v) is 18.7. The Morgan fingerprint density at radius 3 is 1.78 bits per heavy atom. The minimum atomic E-state index is -2.38. The Bertz CT molecular complexity index is 500. The average molecular weight is 481 g/mol. The predicted molar refractivity (Wildman–Crippen MR) is 121 cm³/mol. The van der Waals surface area contributed by atoms with Crippen molar-refractivity contribution in [2.75, 3.05) is 6.61 Å². The zero-order valence-electron chi connectivity index (χ0n) is 18.5. The first kappa shape index (κ1) is 24.5. The van der Waals surface area contributed by atoms with Crippen molar-refractivity contribution in [3.05, 3.63) is 29.8 Å². The molecule has 0 fully saturated rings. The fourth-order valence-corrected chi connectivity index (χ4v) is 19.7. The van der Waals surface area contributed by atoms with Crippen LogP contribution in [0.5, 0.6) is 0 Å². The molecule has 0 atom stereocenters. The molecule has 0 N–H and O–H groups in total. The molecule has 0 spiro atoms. The minimum absolute atomic E-state index is 0.168. The van der Waals surface area contributed by atoms with Crippen molar-refractivity contribution >= 4 is 27.9 Å². The maximum absolute atomic E-state index is 12.3. The second-order valence-electron chi connectivity index (χ2n) is 8.49. The van der Waals surface area contributed by atoms with Crippen LogP contribution in [0.3, 0.4) is 0 Å². The van der Waals surface area contributed by atoms with Gasteiger partial charge in [0.05, 0.1) is 0 Å². The molecule has 2 nitrogen and oxygen atoms in total. The number of unbranched alkanes of at least 4 members (excludes halogenated alkanes) is 3. The third kappa shape index (κ3) is 8.58. The van der Waals surface area contributed by atoms with E-state index < -0.39 is 18.4 Å². The molecule has 0 saturated carbocycles. The number of carbonyl (C=O) groups excluding carboxylic acids is 1. The van der Waals surface area contributed by atoms with E-state index in [1.807, 2.05) is 12.1 Å². The van der Waals surface area contributed by atoms with Crippen molar-refractivity contribution in [3.63, 3.8) is 0 Å². The van der Waals surface area contributed by atoms with E-state index >= 15 is 0 Å². The summed E-state index contributed by atoms with van der Waals surface area (Å²) in [6, 6.07) is 8.64. The first-order chi connectivity index (χ1) is 13.0. The molecule has 27 heavy (non-hydrogen) atoms. The van der Waals surface area contributed by atoms with Gasteiger partial charge in [0, 0.05) is 0 Å². The summed E-state index contributed by atoms with van der Waals surface area (Å²) in [5.74, 6) is 0.393. The van der Waals surface area contributed by atoms with E-state index in [2.05, 4.69) is 46.8 Å². The van der Waals surface area contributed by atoms with Gasteiger partial charge in [-0.05, 0) is 0 Å². The molecule has 0 unspecified atom stereocenters. The van der Waals surface area contributed by atoms with Crippen LogP contribution in [0.4, 0.5) is 0 Å². The monoisotopic (exact) mass is 482 g/mol. The molecule has 3 heteroatoms. The van der Waals surface area contributed by atoms with Crippen molar-refractivity contribution in [2.24, 2.45) is 5.92 Å². The van der Waals surface area contributed by atoms with Crippen molar-refractivity contribution in [2.45, 2.75) is 92.9 Å². The molecule has 0 aliphatic carbocycles. The summed E-state index contributed by atoms with van der Waals surface area (Å²) in [7, 11) is 0. The molecule has 1 aromatic carbocycles. The van der Waals surface area contributed by atoms with E-state index in [4.69, 9.17) is 4.74 Å². The molecular formula is C24H42O2Sn. The Balaban J connectivity index is 2.95. The predicted octanol–water partition coefficient (Wildman–Crippen LogP) is 6.95. The van der Waals surface area contributed by atoms with Crippen LogP contribution in [0, 0.1) is 5.92 Å². The van der Waals surface area contributed by atoms with Crippen LogP contribution in [0.25, 0.3) is 0 Å². The number of hydrogen-bond acceptors (Lipinski definition) is 2. The molecule has 0 amide bonds. The van der Waals surface area contributed by atoms with E-state index in [-0.39, 0.29) is 5.97 Å². The van der Waals surface area contributed by atoms with E-state index in [1.54, 1.807) is 3.58 Å². The molecule has 1 rings (SSSR count). The van der Waals surface area contributed by atoms with Crippen molar-refractivity contribution in [1.82, 2.24) is 0 Å². The van der Waals surface area contributed by atoms with Gasteiger partial charge in [0.25, 0.3) is 0 Å². The van der Waals surface area contributed by atoms with E-state index in [9.17, 15) is 4.79 Å². The Kier molecular flexibility index (Phi) is 12.4. The van der Waals surface area contributed by atoms with Gasteiger partial charge in [-0.25, -0.2) is 0 Å². The Hall–Kier alpha value is -0.511. The molecule has 0 aromatic heterocycles. The molecule has 0 bridgehead atoms. The van der Waals surface area contributed by atoms with Crippen molar-refractivity contribution in [1.29, 1.82) is 0 Å². The summed E-state index contributed by atoms with van der Waals surface area (Å²) in [6.07, 6.45) is 8.88. The van der Waals surface area contributed by atoms with Gasteiger partial charge in [-0.3, -0.25) is 0 Å². The van der Waals surface area contributed by atoms with Crippen LogP contribution in [-0.2, 0) is 4.74 Å². The fraction of sp³-hybridized carbons (Fsp3) is 0.708. The van der Waals surface area contributed by atoms with E-state index in [1.165, 1.54) is 51.8 Å². The number of hydrogen-bond donors (Lipinski definition) is 0. The Morgan fingerprint density at radius 1 is 0.889 bits per heavy atom. The van der Waals surface area contributed by atoms with Crippen LogP contribution >= 0.6 is 0 Å². The van der Waals surface area contributed by atoms with E-state index in [0.29, 0.717) is 18.1 Å². The van der Waals surface area contributed by atoms with Crippen molar-refractivity contribution < 1.29 is 9.53 Å². The van der Waals surface area contributed by atoms with Crippen LogP contribution in [-0.4, -0.2) is 31.0 Å². The maximum atomic E-state index is 12.3. The van der Waals surface area contributed by atoms with Crippen LogP contribution in [0.1, 0.15) is 89.9 Å². The Labute approximate surface area is 172 Å². The quantitative estimate of drug-likeness (QED) is 0.213. The third-order valence-electron chi connectivity index (χ3n) is 5.69. The van der Waals surface area contributed by atoms with Gasteiger partial charge in [-0.2, -0.15) is 0 Å². The summed E-state index contributed by atoms with van der Waals surface area (Å²) < 4.78 is 11.4. The SMILES string of the molecule is CCC[CH2][Sn]([CH2]CCC)([CH2]CCC)[c]1ccc(C(=O)OCCC(C)C)cc1. The van der Waals surface area contributed by atoms with Gasteiger partial charge in [-0.1, -0.05) is 0 Å². The standard InChI is InChI=1S/C12H15O2.3C4H9.Sn/c1-10(2)8-9-14-12(13)11-6-4-3-5-7-11;3*1-3-4-2;/h4-7,10H,8-9H2,1-2H3;3*1,3-4H2,2H3;. The molecule has 0 radical (unpaired) electrons. The van der Waals surface area contributed by atoms with Gasteiger partial charge < -0.3 is 0 Å². The van der Waals surface area contributed by atoms with Gasteiger partial charge in [0.2, 0.25) is 0 Å². The zero-order chi connectivity index (χ0) is 20.1. The molecule has 0 aliphatic rings. The number of carbonyl (C=O) groups is 1. The molecule has 154 valence electrons. The molecule has 0 aliphatic heterocycles. The number of benzene rings is 1. The number of ether oxygens (including phenoxy) is 1. The van der Waals surface area contributed by atoms with Crippen LogP contribution < -0.4 is 3.58 Å². The van der Waals surface area contributed by atoms with Gasteiger partial charge >= 0.3 is 173 Å². The van der Waals surface area contributed by atoms with Crippen molar-refractivity contribution in [3.8, 4) is 0 Å². The number of rotatable bonds is 14. The summed E-state index contributed by atoms with van der Waals surface area (Å²) in [5.41, 5.74) is 0.712. The second-order valence-corrected chi connectivity index (χ2v) is 21.7. The fourth-order valence-electron chi connectivity index (χ4n) is 3.78.